The second-order valence-corrected chi connectivity index (χ2v) is 5.78. The smallest absolute Gasteiger partial charge is 0.270 e. The number of nitrogens with one attached hydrogen (secondary N) is 1. The van der Waals surface area contributed by atoms with Gasteiger partial charge < -0.3 is 16.0 Å². The molecule has 0 radical (unpaired) electrons. The summed E-state index contributed by atoms with van der Waals surface area (Å²) in [5, 5.41) is 5.03. The molecule has 6 heteroatoms. The Morgan fingerprint density at radius 2 is 2.33 bits per heavy atom. The van der Waals surface area contributed by atoms with Crippen molar-refractivity contribution in [1.29, 1.82) is 0 Å². The van der Waals surface area contributed by atoms with Gasteiger partial charge in [-0.15, -0.1) is 11.3 Å². The Kier molecular flexibility index (Phi) is 4.54. The van der Waals surface area contributed by atoms with Crippen LogP contribution in [0.5, 0.6) is 0 Å². The highest BCUT2D eigenvalue weighted by Crippen LogP contribution is 2.12. The van der Waals surface area contributed by atoms with Gasteiger partial charge in [0.1, 0.15) is 5.69 Å². The number of anilines is 1. The normalized spacial score (nSPS) is 17.8. The first-order valence-electron chi connectivity index (χ1n) is 6.36. The largest absolute Gasteiger partial charge is 0.375 e. The van der Waals surface area contributed by atoms with Gasteiger partial charge in [0.2, 0.25) is 0 Å². The standard InChI is InChI=1S/C12H20N4OS/c1-9(7-16-4-2-3-5-16)6-14-11(17)10-8-18-12(13)15-10/h8-9H,2-7H2,1H3,(H2,13,15)(H,14,17). The van der Waals surface area contributed by atoms with E-state index in [0.717, 1.165) is 6.54 Å². The van der Waals surface area contributed by atoms with E-state index in [9.17, 15) is 4.79 Å². The average Bonchev–Trinajstić information content (AvgIpc) is 2.97. The van der Waals surface area contributed by atoms with Crippen LogP contribution in [0, 0.1) is 5.92 Å². The maximum Gasteiger partial charge on any atom is 0.270 e. The number of nitrogens with two attached hydrogens (primary N) is 1. The van der Waals surface area contributed by atoms with Gasteiger partial charge in [0.15, 0.2) is 5.13 Å². The molecule has 100 valence electrons. The number of nitrogen functional groups attached to an aromatic ring is 1. The third-order valence-corrected chi connectivity index (χ3v) is 3.81. The number of carbonyl (C=O) groups excluding carboxylic acids is 1. The van der Waals surface area contributed by atoms with E-state index in [-0.39, 0.29) is 5.91 Å². The summed E-state index contributed by atoms with van der Waals surface area (Å²) in [7, 11) is 0. The number of thiazole rings is 1. The first kappa shape index (κ1) is 13.3. The van der Waals surface area contributed by atoms with Gasteiger partial charge in [-0.3, -0.25) is 4.79 Å². The Balaban J connectivity index is 1.71. The number of hydrogen-bond donors (Lipinski definition) is 2. The molecule has 1 aliphatic heterocycles. The zero-order valence-corrected chi connectivity index (χ0v) is 11.5. The van der Waals surface area contributed by atoms with Crippen LogP contribution in [0.4, 0.5) is 5.13 Å². The Bertz CT molecular complexity index is 401. The van der Waals surface area contributed by atoms with Gasteiger partial charge in [0.25, 0.3) is 5.91 Å². The Hall–Kier alpha value is -1.14. The van der Waals surface area contributed by atoms with Crippen LogP contribution in [0.25, 0.3) is 0 Å². The van der Waals surface area contributed by atoms with Crippen molar-refractivity contribution >= 4 is 22.4 Å². The molecule has 0 aliphatic carbocycles. The van der Waals surface area contributed by atoms with Gasteiger partial charge in [-0.2, -0.15) is 0 Å². The summed E-state index contributed by atoms with van der Waals surface area (Å²) in [5.74, 6) is 0.333. The Morgan fingerprint density at radius 3 is 2.94 bits per heavy atom. The van der Waals surface area contributed by atoms with Crippen LogP contribution in [0.15, 0.2) is 5.38 Å². The van der Waals surface area contributed by atoms with Crippen LogP contribution in [0.1, 0.15) is 30.3 Å². The minimum atomic E-state index is -0.128. The monoisotopic (exact) mass is 268 g/mol. The second kappa shape index (κ2) is 6.15. The van der Waals surface area contributed by atoms with E-state index in [1.807, 2.05) is 0 Å². The Labute approximate surface area is 111 Å². The van der Waals surface area contributed by atoms with Crippen molar-refractivity contribution in [3.05, 3.63) is 11.1 Å². The molecule has 1 aromatic rings. The third-order valence-electron chi connectivity index (χ3n) is 3.13. The predicted octanol–water partition coefficient (Wildman–Crippen LogP) is 1.19. The van der Waals surface area contributed by atoms with E-state index in [0.29, 0.717) is 23.3 Å². The zero-order valence-electron chi connectivity index (χ0n) is 10.7. The van der Waals surface area contributed by atoms with E-state index in [4.69, 9.17) is 5.73 Å². The molecule has 0 saturated carbocycles. The lowest BCUT2D eigenvalue weighted by molar-refractivity contribution is 0.0941. The number of likely N-dealkylation sites (tertiary alicyclic amines) is 1. The van der Waals surface area contributed by atoms with Crippen LogP contribution >= 0.6 is 11.3 Å². The molecule has 2 heterocycles. The van der Waals surface area contributed by atoms with E-state index < -0.39 is 0 Å². The number of rotatable bonds is 5. The SMILES string of the molecule is CC(CNC(=O)c1csc(N)n1)CN1CCCC1. The van der Waals surface area contributed by atoms with Gasteiger partial charge in [-0.1, -0.05) is 6.92 Å². The van der Waals surface area contributed by atoms with Crippen molar-refractivity contribution in [1.82, 2.24) is 15.2 Å². The minimum Gasteiger partial charge on any atom is -0.375 e. The fourth-order valence-corrected chi connectivity index (χ4v) is 2.76. The number of hydrogen-bond acceptors (Lipinski definition) is 5. The van der Waals surface area contributed by atoms with Crippen molar-refractivity contribution in [2.45, 2.75) is 19.8 Å². The van der Waals surface area contributed by atoms with Gasteiger partial charge in [-0.25, -0.2) is 4.98 Å². The van der Waals surface area contributed by atoms with Crippen molar-refractivity contribution < 1.29 is 4.79 Å². The molecule has 0 bridgehead atoms. The molecule has 2 rings (SSSR count). The molecule has 0 spiro atoms. The first-order valence-corrected chi connectivity index (χ1v) is 7.24. The van der Waals surface area contributed by atoms with Crippen molar-refractivity contribution in [2.24, 2.45) is 5.92 Å². The molecule has 1 aromatic heterocycles. The lowest BCUT2D eigenvalue weighted by atomic mass is 10.1. The van der Waals surface area contributed by atoms with Crippen LogP contribution in [-0.4, -0.2) is 42.0 Å². The molecule has 1 fully saturated rings. The summed E-state index contributed by atoms with van der Waals surface area (Å²) in [6.45, 7) is 6.29. The number of nitrogens with zero attached hydrogens (tertiary/aromatic N) is 2. The van der Waals surface area contributed by atoms with E-state index >= 15 is 0 Å². The molecule has 1 amide bonds. The van der Waals surface area contributed by atoms with E-state index in [1.165, 1.54) is 37.3 Å². The molecule has 0 aromatic carbocycles. The summed E-state index contributed by atoms with van der Waals surface area (Å²) in [4.78, 5) is 18.2. The second-order valence-electron chi connectivity index (χ2n) is 4.89. The summed E-state index contributed by atoms with van der Waals surface area (Å²) in [6, 6.07) is 0. The quantitative estimate of drug-likeness (QED) is 0.841. The predicted molar refractivity (Wildman–Crippen MR) is 73.7 cm³/mol. The third kappa shape index (κ3) is 3.68. The van der Waals surface area contributed by atoms with Crippen LogP contribution in [0.2, 0.25) is 0 Å². The average molecular weight is 268 g/mol. The van der Waals surface area contributed by atoms with E-state index in [1.54, 1.807) is 5.38 Å². The summed E-state index contributed by atoms with van der Waals surface area (Å²) in [6.07, 6.45) is 2.61. The Morgan fingerprint density at radius 1 is 1.61 bits per heavy atom. The molecule has 1 saturated heterocycles. The molecular weight excluding hydrogens is 248 g/mol. The van der Waals surface area contributed by atoms with Crippen LogP contribution < -0.4 is 11.1 Å². The molecule has 1 unspecified atom stereocenters. The summed E-state index contributed by atoms with van der Waals surface area (Å²) < 4.78 is 0. The van der Waals surface area contributed by atoms with Crippen molar-refractivity contribution in [2.75, 3.05) is 31.9 Å². The van der Waals surface area contributed by atoms with Gasteiger partial charge in [0, 0.05) is 18.5 Å². The molecule has 1 aliphatic rings. The highest BCUT2D eigenvalue weighted by Gasteiger charge is 2.16. The lowest BCUT2D eigenvalue weighted by Crippen LogP contribution is -2.34. The molecule has 5 nitrogen and oxygen atoms in total. The number of aromatic nitrogens is 1. The highest BCUT2D eigenvalue weighted by atomic mass is 32.1. The van der Waals surface area contributed by atoms with Gasteiger partial charge in [0.05, 0.1) is 0 Å². The summed E-state index contributed by atoms with van der Waals surface area (Å²) >= 11 is 1.29. The van der Waals surface area contributed by atoms with Crippen LogP contribution in [-0.2, 0) is 0 Å². The summed E-state index contributed by atoms with van der Waals surface area (Å²) in [5.41, 5.74) is 5.92. The number of amides is 1. The molecule has 1 atom stereocenters. The maximum atomic E-state index is 11.8. The number of carbonyl (C=O) groups is 1. The fourth-order valence-electron chi connectivity index (χ4n) is 2.22. The molecule has 3 N–H and O–H groups in total. The van der Waals surface area contributed by atoms with Crippen molar-refractivity contribution in [3.63, 3.8) is 0 Å². The van der Waals surface area contributed by atoms with Crippen LogP contribution in [0.3, 0.4) is 0 Å². The maximum absolute atomic E-state index is 11.8. The highest BCUT2D eigenvalue weighted by molar-refractivity contribution is 7.13. The topological polar surface area (TPSA) is 71.2 Å². The zero-order chi connectivity index (χ0) is 13.0. The first-order chi connectivity index (χ1) is 8.65. The van der Waals surface area contributed by atoms with Gasteiger partial charge >= 0.3 is 0 Å². The fraction of sp³-hybridized carbons (Fsp3) is 0.667. The lowest BCUT2D eigenvalue weighted by Gasteiger charge is -2.20. The van der Waals surface area contributed by atoms with Crippen molar-refractivity contribution in [3.8, 4) is 0 Å². The van der Waals surface area contributed by atoms with Gasteiger partial charge in [-0.05, 0) is 31.8 Å². The van der Waals surface area contributed by atoms with E-state index in [2.05, 4.69) is 22.1 Å². The minimum absolute atomic E-state index is 0.128. The molecular formula is C12H20N4OS. The molecule has 18 heavy (non-hydrogen) atoms.